The molecule has 4 rings (SSSR count). The molecule has 0 radical (unpaired) electrons. The van der Waals surface area contributed by atoms with E-state index in [4.69, 9.17) is 26.1 Å². The number of hydrogen-bond acceptors (Lipinski definition) is 6. The van der Waals surface area contributed by atoms with Crippen molar-refractivity contribution in [1.82, 2.24) is 9.97 Å². The fraction of sp³-hybridized carbons (Fsp3) is 0.238. The minimum atomic E-state index is 0.290. The van der Waals surface area contributed by atoms with E-state index in [1.807, 2.05) is 12.1 Å². The molecular formula is C21H21ClN4O2. The summed E-state index contributed by atoms with van der Waals surface area (Å²) in [5, 5.41) is 3.77. The van der Waals surface area contributed by atoms with Gasteiger partial charge in [0.15, 0.2) is 0 Å². The predicted octanol–water partition coefficient (Wildman–Crippen LogP) is 4.97. The van der Waals surface area contributed by atoms with Gasteiger partial charge in [-0.3, -0.25) is 0 Å². The van der Waals surface area contributed by atoms with E-state index in [0.29, 0.717) is 34.0 Å². The molecule has 1 unspecified atom stereocenters. The van der Waals surface area contributed by atoms with Gasteiger partial charge in [0, 0.05) is 30.1 Å². The van der Waals surface area contributed by atoms with E-state index in [2.05, 4.69) is 40.3 Å². The Bertz CT molecular complexity index is 1010. The summed E-state index contributed by atoms with van der Waals surface area (Å²) in [6, 6.07) is 14.0. The zero-order valence-corrected chi connectivity index (χ0v) is 16.7. The number of para-hydroxylation sites is 1. The topological polar surface area (TPSA) is 59.5 Å². The zero-order chi connectivity index (χ0) is 19.7. The molecule has 0 bridgehead atoms. The van der Waals surface area contributed by atoms with Gasteiger partial charge in [0.25, 0.3) is 0 Å². The van der Waals surface area contributed by atoms with Crippen LogP contribution >= 0.6 is 11.6 Å². The lowest BCUT2D eigenvalue weighted by atomic mass is 10.1. The number of ether oxygens (including phenoxy) is 2. The van der Waals surface area contributed by atoms with Gasteiger partial charge >= 0.3 is 0 Å². The third kappa shape index (κ3) is 3.31. The molecule has 7 heteroatoms. The van der Waals surface area contributed by atoms with E-state index in [9.17, 15) is 0 Å². The molecule has 28 heavy (non-hydrogen) atoms. The van der Waals surface area contributed by atoms with Crippen LogP contribution in [0.25, 0.3) is 0 Å². The first kappa shape index (κ1) is 18.4. The second-order valence-corrected chi connectivity index (χ2v) is 7.01. The Morgan fingerprint density at radius 2 is 1.89 bits per heavy atom. The molecule has 3 aromatic rings. The first-order valence-electron chi connectivity index (χ1n) is 8.99. The molecule has 1 aliphatic rings. The SMILES string of the molecule is COc1cc(Nc2ccnc(N3c4ccccc4CC3C)n2)c(OC)cc1Cl. The Balaban J connectivity index is 1.68. The van der Waals surface area contributed by atoms with Crippen LogP contribution in [-0.4, -0.2) is 30.2 Å². The summed E-state index contributed by atoms with van der Waals surface area (Å²) in [5.41, 5.74) is 3.17. The van der Waals surface area contributed by atoms with Crippen molar-refractivity contribution in [3.05, 3.63) is 59.2 Å². The summed E-state index contributed by atoms with van der Waals surface area (Å²) in [6.07, 6.45) is 2.72. The van der Waals surface area contributed by atoms with Crippen LogP contribution in [0, 0.1) is 0 Å². The number of nitrogens with zero attached hydrogens (tertiary/aromatic N) is 3. The summed E-state index contributed by atoms with van der Waals surface area (Å²) in [7, 11) is 3.17. The molecular weight excluding hydrogens is 376 g/mol. The minimum Gasteiger partial charge on any atom is -0.495 e. The van der Waals surface area contributed by atoms with Crippen molar-refractivity contribution in [2.45, 2.75) is 19.4 Å². The number of anilines is 4. The van der Waals surface area contributed by atoms with Gasteiger partial charge in [-0.1, -0.05) is 29.8 Å². The zero-order valence-electron chi connectivity index (χ0n) is 15.9. The highest BCUT2D eigenvalue weighted by molar-refractivity contribution is 6.32. The molecule has 144 valence electrons. The summed E-state index contributed by atoms with van der Waals surface area (Å²) in [5.74, 6) is 2.47. The van der Waals surface area contributed by atoms with Gasteiger partial charge in [-0.15, -0.1) is 0 Å². The summed E-state index contributed by atoms with van der Waals surface area (Å²) in [4.78, 5) is 11.4. The molecule has 0 fully saturated rings. The van der Waals surface area contributed by atoms with Gasteiger partial charge in [-0.05, 0) is 31.0 Å². The molecule has 2 heterocycles. The lowest BCUT2D eigenvalue weighted by Gasteiger charge is -2.23. The van der Waals surface area contributed by atoms with Crippen molar-refractivity contribution >= 4 is 34.7 Å². The van der Waals surface area contributed by atoms with Crippen LogP contribution in [0.15, 0.2) is 48.7 Å². The molecule has 1 atom stereocenters. The largest absolute Gasteiger partial charge is 0.495 e. The minimum absolute atomic E-state index is 0.290. The lowest BCUT2D eigenvalue weighted by molar-refractivity contribution is 0.405. The van der Waals surface area contributed by atoms with Crippen LogP contribution in [0.2, 0.25) is 5.02 Å². The maximum absolute atomic E-state index is 6.19. The first-order valence-corrected chi connectivity index (χ1v) is 9.37. The van der Waals surface area contributed by atoms with Crippen LogP contribution in [0.1, 0.15) is 12.5 Å². The second-order valence-electron chi connectivity index (χ2n) is 6.61. The van der Waals surface area contributed by atoms with Crippen molar-refractivity contribution < 1.29 is 9.47 Å². The number of hydrogen-bond donors (Lipinski definition) is 1. The van der Waals surface area contributed by atoms with Crippen LogP contribution in [0.4, 0.5) is 23.1 Å². The van der Waals surface area contributed by atoms with Gasteiger partial charge in [-0.25, -0.2) is 4.98 Å². The standard InChI is InChI=1S/C21H21ClN4O2/c1-13-10-14-6-4-5-7-17(14)26(13)21-23-9-8-20(25-21)24-16-12-18(27-2)15(22)11-19(16)28-3/h4-9,11-13H,10H2,1-3H3,(H,23,24,25). The van der Waals surface area contributed by atoms with Crippen molar-refractivity contribution in [2.24, 2.45) is 0 Å². The average molecular weight is 397 g/mol. The first-order chi connectivity index (χ1) is 13.6. The number of methoxy groups -OCH3 is 2. The Morgan fingerprint density at radius 3 is 2.68 bits per heavy atom. The highest BCUT2D eigenvalue weighted by atomic mass is 35.5. The Kier molecular flexibility index (Phi) is 4.96. The van der Waals surface area contributed by atoms with E-state index in [1.165, 1.54) is 5.56 Å². The van der Waals surface area contributed by atoms with Crippen molar-refractivity contribution in [1.29, 1.82) is 0 Å². The quantitative estimate of drug-likeness (QED) is 0.656. The monoisotopic (exact) mass is 396 g/mol. The number of aromatic nitrogens is 2. The second kappa shape index (κ2) is 7.56. The molecule has 1 aliphatic heterocycles. The normalized spacial score (nSPS) is 15.3. The Morgan fingerprint density at radius 1 is 1.11 bits per heavy atom. The van der Waals surface area contributed by atoms with Crippen LogP contribution in [0.3, 0.4) is 0 Å². The van der Waals surface area contributed by atoms with Gasteiger partial charge in [-0.2, -0.15) is 4.98 Å². The Labute approximate surface area is 169 Å². The number of fused-ring (bicyclic) bond motifs is 1. The van der Waals surface area contributed by atoms with Gasteiger partial charge in [0.05, 0.1) is 24.9 Å². The third-order valence-corrected chi connectivity index (χ3v) is 5.10. The average Bonchev–Trinajstić information content (AvgIpc) is 3.04. The van der Waals surface area contributed by atoms with Crippen LogP contribution < -0.4 is 19.7 Å². The molecule has 0 aliphatic carbocycles. The molecule has 6 nitrogen and oxygen atoms in total. The summed E-state index contributed by atoms with van der Waals surface area (Å²) >= 11 is 6.19. The van der Waals surface area contributed by atoms with E-state index < -0.39 is 0 Å². The van der Waals surface area contributed by atoms with Gasteiger partial charge in [0.1, 0.15) is 17.3 Å². The lowest BCUT2D eigenvalue weighted by Crippen LogP contribution is -2.25. The summed E-state index contributed by atoms with van der Waals surface area (Å²) in [6.45, 7) is 2.18. The van der Waals surface area contributed by atoms with E-state index in [-0.39, 0.29) is 6.04 Å². The van der Waals surface area contributed by atoms with Crippen molar-refractivity contribution in [3.8, 4) is 11.5 Å². The van der Waals surface area contributed by atoms with Crippen LogP contribution in [-0.2, 0) is 6.42 Å². The Hall–Kier alpha value is -2.99. The fourth-order valence-electron chi connectivity index (χ4n) is 3.50. The van der Waals surface area contributed by atoms with E-state index in [0.717, 1.165) is 12.1 Å². The van der Waals surface area contributed by atoms with Crippen molar-refractivity contribution in [2.75, 3.05) is 24.4 Å². The van der Waals surface area contributed by atoms with Gasteiger partial charge in [0.2, 0.25) is 5.95 Å². The van der Waals surface area contributed by atoms with E-state index in [1.54, 1.807) is 32.5 Å². The molecule has 2 aromatic carbocycles. The highest BCUT2D eigenvalue weighted by Crippen LogP contribution is 2.39. The molecule has 1 N–H and O–H groups in total. The number of benzene rings is 2. The molecule has 0 spiro atoms. The number of halogens is 1. The summed E-state index contributed by atoms with van der Waals surface area (Å²) < 4.78 is 10.7. The van der Waals surface area contributed by atoms with E-state index >= 15 is 0 Å². The van der Waals surface area contributed by atoms with Gasteiger partial charge < -0.3 is 19.7 Å². The maximum atomic E-state index is 6.19. The smallest absolute Gasteiger partial charge is 0.232 e. The maximum Gasteiger partial charge on any atom is 0.232 e. The number of nitrogens with one attached hydrogen (secondary N) is 1. The fourth-order valence-corrected chi connectivity index (χ4v) is 3.73. The molecule has 0 saturated carbocycles. The van der Waals surface area contributed by atoms with Crippen molar-refractivity contribution in [3.63, 3.8) is 0 Å². The third-order valence-electron chi connectivity index (χ3n) is 4.80. The molecule has 1 aromatic heterocycles. The number of rotatable bonds is 5. The van der Waals surface area contributed by atoms with Crippen LogP contribution in [0.5, 0.6) is 11.5 Å². The molecule has 0 amide bonds. The predicted molar refractivity (Wildman–Crippen MR) is 112 cm³/mol. The molecule has 0 saturated heterocycles. The highest BCUT2D eigenvalue weighted by Gasteiger charge is 2.28.